The molecule has 1 unspecified atom stereocenters. The van der Waals surface area contributed by atoms with Crippen molar-refractivity contribution in [2.45, 2.75) is 10.3 Å². The highest BCUT2D eigenvalue weighted by Crippen LogP contribution is 2.23. The summed E-state index contributed by atoms with van der Waals surface area (Å²) in [5, 5.41) is 11.8. The van der Waals surface area contributed by atoms with Crippen molar-refractivity contribution >= 4 is 21.4 Å². The van der Waals surface area contributed by atoms with Crippen LogP contribution in [0.5, 0.6) is 0 Å². The zero-order valence-electron chi connectivity index (χ0n) is 12.0. The zero-order chi connectivity index (χ0) is 15.6. The minimum Gasteiger partial charge on any atom is -0.467 e. The van der Waals surface area contributed by atoms with Crippen molar-refractivity contribution < 1.29 is 17.9 Å². The van der Waals surface area contributed by atoms with Gasteiger partial charge in [-0.1, -0.05) is 6.07 Å². The minimum absolute atomic E-state index is 0.386. The van der Waals surface area contributed by atoms with Crippen molar-refractivity contribution in [2.24, 2.45) is 0 Å². The highest BCUT2D eigenvalue weighted by molar-refractivity contribution is 7.91. The first-order valence-corrected chi connectivity index (χ1v) is 9.37. The van der Waals surface area contributed by atoms with E-state index in [0.29, 0.717) is 42.7 Å². The lowest BCUT2D eigenvalue weighted by Crippen LogP contribution is -2.49. The quantitative estimate of drug-likeness (QED) is 0.889. The second-order valence-electron chi connectivity index (χ2n) is 5.17. The van der Waals surface area contributed by atoms with Crippen molar-refractivity contribution in [1.29, 1.82) is 0 Å². The molecule has 1 atom stereocenters. The fourth-order valence-electron chi connectivity index (χ4n) is 2.51. The van der Waals surface area contributed by atoms with Gasteiger partial charge in [0.1, 0.15) is 16.1 Å². The molecule has 1 aliphatic heterocycles. The summed E-state index contributed by atoms with van der Waals surface area (Å²) < 4.78 is 31.9. The van der Waals surface area contributed by atoms with Crippen molar-refractivity contribution in [3.63, 3.8) is 0 Å². The molecule has 0 aromatic carbocycles. The normalized spacial score (nSPS) is 19.3. The van der Waals surface area contributed by atoms with Gasteiger partial charge in [0.15, 0.2) is 0 Å². The van der Waals surface area contributed by atoms with E-state index in [1.807, 2.05) is 4.90 Å². The molecule has 2 aromatic rings. The Morgan fingerprint density at radius 1 is 1.23 bits per heavy atom. The van der Waals surface area contributed by atoms with Gasteiger partial charge >= 0.3 is 0 Å². The fourth-order valence-corrected chi connectivity index (χ4v) is 5.07. The van der Waals surface area contributed by atoms with E-state index in [9.17, 15) is 13.5 Å². The number of aliphatic hydroxyl groups excluding tert-OH is 1. The van der Waals surface area contributed by atoms with E-state index < -0.39 is 16.1 Å². The van der Waals surface area contributed by atoms with Crippen LogP contribution in [0.2, 0.25) is 0 Å². The lowest BCUT2D eigenvalue weighted by Gasteiger charge is -2.34. The van der Waals surface area contributed by atoms with Gasteiger partial charge in [-0.05, 0) is 23.6 Å². The molecule has 0 saturated carbocycles. The van der Waals surface area contributed by atoms with Gasteiger partial charge in [-0.15, -0.1) is 11.3 Å². The van der Waals surface area contributed by atoms with Crippen LogP contribution in [0, 0.1) is 0 Å². The lowest BCUT2D eigenvalue weighted by molar-refractivity contribution is 0.0777. The van der Waals surface area contributed by atoms with Gasteiger partial charge in [0.05, 0.1) is 6.26 Å². The molecule has 0 bridgehead atoms. The second kappa shape index (κ2) is 6.51. The molecular weight excluding hydrogens is 324 g/mol. The summed E-state index contributed by atoms with van der Waals surface area (Å²) in [6.45, 7) is 2.52. The number of rotatable bonds is 5. The Hall–Kier alpha value is -1.19. The Kier molecular flexibility index (Phi) is 4.65. The molecule has 0 aliphatic carbocycles. The fraction of sp³-hybridized carbons (Fsp3) is 0.429. The number of β-amino-alcohol motifs (C(OH)–C–C–N with tert-alkyl or cyclic N) is 1. The Labute approximate surface area is 133 Å². The molecule has 0 spiro atoms. The lowest BCUT2D eigenvalue weighted by atomic mass is 10.2. The number of sulfonamides is 1. The van der Waals surface area contributed by atoms with Gasteiger partial charge < -0.3 is 9.52 Å². The molecule has 2 aromatic heterocycles. The summed E-state index contributed by atoms with van der Waals surface area (Å²) in [7, 11) is -3.37. The SMILES string of the molecule is O=S(=O)(c1cccs1)N1CCN(CC(O)c2ccco2)CC1. The van der Waals surface area contributed by atoms with E-state index in [-0.39, 0.29) is 0 Å². The zero-order valence-corrected chi connectivity index (χ0v) is 13.6. The van der Waals surface area contributed by atoms with Crippen molar-refractivity contribution in [3.8, 4) is 0 Å². The van der Waals surface area contributed by atoms with E-state index in [4.69, 9.17) is 4.42 Å². The third kappa shape index (κ3) is 3.26. The van der Waals surface area contributed by atoms with Gasteiger partial charge in [0.2, 0.25) is 0 Å². The van der Waals surface area contributed by atoms with Crippen LogP contribution in [0.4, 0.5) is 0 Å². The standard InChI is InChI=1S/C14H18N2O4S2/c17-12(13-3-1-9-20-13)11-15-5-7-16(8-6-15)22(18,19)14-4-2-10-21-14/h1-4,9-10,12,17H,5-8,11H2. The first-order chi connectivity index (χ1) is 10.6. The number of furan rings is 1. The molecule has 6 nitrogen and oxygen atoms in total. The van der Waals surface area contributed by atoms with Crippen LogP contribution in [-0.4, -0.2) is 55.5 Å². The van der Waals surface area contributed by atoms with Gasteiger partial charge in [-0.25, -0.2) is 8.42 Å². The van der Waals surface area contributed by atoms with E-state index in [1.54, 1.807) is 29.6 Å². The average molecular weight is 342 g/mol. The smallest absolute Gasteiger partial charge is 0.252 e. The number of nitrogens with zero attached hydrogens (tertiary/aromatic N) is 2. The summed E-state index contributed by atoms with van der Waals surface area (Å²) in [5.41, 5.74) is 0. The molecule has 3 heterocycles. The third-order valence-electron chi connectivity index (χ3n) is 3.72. The number of hydrogen-bond acceptors (Lipinski definition) is 6. The van der Waals surface area contributed by atoms with Crippen molar-refractivity contribution in [1.82, 2.24) is 9.21 Å². The molecule has 1 aliphatic rings. The van der Waals surface area contributed by atoms with Crippen molar-refractivity contribution in [3.05, 3.63) is 41.7 Å². The number of piperazine rings is 1. The summed E-state index contributed by atoms with van der Waals surface area (Å²) in [6, 6.07) is 6.85. The Morgan fingerprint density at radius 2 is 2.00 bits per heavy atom. The molecule has 1 N–H and O–H groups in total. The summed E-state index contributed by atoms with van der Waals surface area (Å²) in [6.07, 6.45) is 0.847. The Bertz CT molecular complexity index is 675. The molecule has 120 valence electrons. The largest absolute Gasteiger partial charge is 0.467 e. The van der Waals surface area contributed by atoms with Crippen LogP contribution in [0.15, 0.2) is 44.5 Å². The van der Waals surface area contributed by atoms with Crippen LogP contribution >= 0.6 is 11.3 Å². The first kappa shape index (κ1) is 15.7. The van der Waals surface area contributed by atoms with Crippen LogP contribution < -0.4 is 0 Å². The predicted octanol–water partition coefficient (Wildman–Crippen LogP) is 1.38. The number of hydrogen-bond donors (Lipinski definition) is 1. The maximum absolute atomic E-state index is 12.4. The second-order valence-corrected chi connectivity index (χ2v) is 8.28. The summed E-state index contributed by atoms with van der Waals surface area (Å²) in [5.74, 6) is 0.536. The Morgan fingerprint density at radius 3 is 2.59 bits per heavy atom. The van der Waals surface area contributed by atoms with Crippen molar-refractivity contribution in [2.75, 3.05) is 32.7 Å². The van der Waals surface area contributed by atoms with Crippen LogP contribution in [0.25, 0.3) is 0 Å². The molecule has 0 radical (unpaired) electrons. The first-order valence-electron chi connectivity index (χ1n) is 7.05. The Balaban J connectivity index is 1.57. The van der Waals surface area contributed by atoms with E-state index in [1.165, 1.54) is 21.9 Å². The van der Waals surface area contributed by atoms with Gasteiger partial charge in [-0.2, -0.15) is 4.31 Å². The van der Waals surface area contributed by atoms with Crippen LogP contribution in [0.3, 0.4) is 0 Å². The molecule has 1 fully saturated rings. The maximum atomic E-state index is 12.4. The van der Waals surface area contributed by atoms with Gasteiger partial charge in [0, 0.05) is 32.7 Å². The molecule has 0 amide bonds. The van der Waals surface area contributed by atoms with E-state index in [0.717, 1.165) is 0 Å². The molecule has 8 heteroatoms. The maximum Gasteiger partial charge on any atom is 0.252 e. The summed E-state index contributed by atoms with van der Waals surface area (Å²) in [4.78, 5) is 2.05. The monoisotopic (exact) mass is 342 g/mol. The highest BCUT2D eigenvalue weighted by atomic mass is 32.2. The molecular formula is C14H18N2O4S2. The topological polar surface area (TPSA) is 74.0 Å². The van der Waals surface area contributed by atoms with E-state index in [2.05, 4.69) is 0 Å². The van der Waals surface area contributed by atoms with E-state index >= 15 is 0 Å². The number of thiophene rings is 1. The van der Waals surface area contributed by atoms with Crippen LogP contribution in [0.1, 0.15) is 11.9 Å². The van der Waals surface area contributed by atoms with Crippen LogP contribution in [-0.2, 0) is 10.0 Å². The van der Waals surface area contributed by atoms with Gasteiger partial charge in [-0.3, -0.25) is 4.90 Å². The average Bonchev–Trinajstić information content (AvgIpc) is 3.21. The molecule has 1 saturated heterocycles. The third-order valence-corrected chi connectivity index (χ3v) is 6.99. The highest BCUT2D eigenvalue weighted by Gasteiger charge is 2.30. The number of aliphatic hydroxyl groups is 1. The molecule has 22 heavy (non-hydrogen) atoms. The molecule has 3 rings (SSSR count). The summed E-state index contributed by atoms with van der Waals surface area (Å²) >= 11 is 1.24. The predicted molar refractivity (Wildman–Crippen MR) is 83.2 cm³/mol. The minimum atomic E-state index is -3.37. The van der Waals surface area contributed by atoms with Gasteiger partial charge in [0.25, 0.3) is 10.0 Å².